The lowest BCUT2D eigenvalue weighted by Gasteiger charge is -2.33. The monoisotopic (exact) mass is 556 g/mol. The third-order valence-corrected chi connectivity index (χ3v) is 6.20. The number of hydrogen-bond donors (Lipinski definition) is 3. The molecule has 0 aliphatic carbocycles. The van der Waals surface area contributed by atoms with E-state index in [0.717, 1.165) is 16.0 Å². The van der Waals surface area contributed by atoms with Gasteiger partial charge >= 0.3 is 6.09 Å². The molecule has 3 rings (SSSR count). The van der Waals surface area contributed by atoms with Gasteiger partial charge in [-0.1, -0.05) is 66.7 Å². The molecule has 0 aliphatic heterocycles. The average Bonchev–Trinajstić information content (AvgIpc) is 2.93. The van der Waals surface area contributed by atoms with E-state index < -0.39 is 42.1 Å². The number of rotatable bonds is 10. The second-order valence-corrected chi connectivity index (χ2v) is 10.7. The second kappa shape index (κ2) is 14.0. The Morgan fingerprint density at radius 1 is 0.976 bits per heavy atom. The largest absolute Gasteiger partial charge is 0.508 e. The molecular formula is C32H36N4O5. The minimum absolute atomic E-state index is 0.0314. The van der Waals surface area contributed by atoms with E-state index in [-0.39, 0.29) is 18.7 Å². The molecule has 3 amide bonds. The molecule has 9 heteroatoms. The van der Waals surface area contributed by atoms with Crippen LogP contribution in [0.4, 0.5) is 4.79 Å². The fourth-order valence-electron chi connectivity index (χ4n) is 4.28. The lowest BCUT2D eigenvalue weighted by atomic mass is 9.98. The van der Waals surface area contributed by atoms with Gasteiger partial charge in [0, 0.05) is 13.0 Å². The van der Waals surface area contributed by atoms with Crippen LogP contribution in [0.15, 0.2) is 78.9 Å². The lowest BCUT2D eigenvalue weighted by Crippen LogP contribution is -2.53. The minimum Gasteiger partial charge on any atom is -0.508 e. The number of phenolic OH excluding ortho intramolecular Hbond substituents is 1. The number of amides is 3. The number of phenols is 1. The zero-order valence-electron chi connectivity index (χ0n) is 23.8. The number of nitrogens with zero attached hydrogens (tertiary/aromatic N) is 2. The Kier molecular flexibility index (Phi) is 10.5. The van der Waals surface area contributed by atoms with E-state index in [4.69, 9.17) is 4.74 Å². The first kappa shape index (κ1) is 30.7. The number of alkyl carbamates (subject to hydrolysis) is 1. The van der Waals surface area contributed by atoms with Crippen molar-refractivity contribution in [2.24, 2.45) is 0 Å². The van der Waals surface area contributed by atoms with Gasteiger partial charge in [0.2, 0.25) is 11.8 Å². The number of carbonyl (C=O) groups excluding carboxylic acids is 3. The van der Waals surface area contributed by atoms with Gasteiger partial charge in [0.05, 0.1) is 6.07 Å². The van der Waals surface area contributed by atoms with E-state index in [1.165, 1.54) is 6.07 Å². The van der Waals surface area contributed by atoms with Crippen LogP contribution in [0.25, 0.3) is 0 Å². The van der Waals surface area contributed by atoms with Gasteiger partial charge in [0.25, 0.3) is 0 Å². The standard InChI is InChI=1S/C32H36N4O5/c1-22-19-25(15-16-27(22)37)28(29(38)34-21-24-13-9-6-10-14-24)36(18-17-33)30(39)26(20-23-11-7-5-8-12-23)35-31(40)41-32(2,3)4/h5-16,19,26,28,37H,18,20-21H2,1-4H3,(H,34,38)(H,35,40). The molecule has 3 aromatic rings. The van der Waals surface area contributed by atoms with E-state index >= 15 is 0 Å². The van der Waals surface area contributed by atoms with Gasteiger partial charge in [-0.3, -0.25) is 9.59 Å². The highest BCUT2D eigenvalue weighted by Gasteiger charge is 2.36. The fourth-order valence-corrected chi connectivity index (χ4v) is 4.28. The highest BCUT2D eigenvalue weighted by molar-refractivity contribution is 5.92. The molecule has 0 bridgehead atoms. The Labute approximate surface area is 240 Å². The number of aromatic hydroxyl groups is 1. The molecule has 0 radical (unpaired) electrons. The van der Waals surface area contributed by atoms with Crippen molar-refractivity contribution < 1.29 is 24.2 Å². The Bertz CT molecular complexity index is 1380. The van der Waals surface area contributed by atoms with Crippen LogP contribution in [0, 0.1) is 18.3 Å². The van der Waals surface area contributed by atoms with Crippen LogP contribution >= 0.6 is 0 Å². The van der Waals surface area contributed by atoms with E-state index in [9.17, 15) is 24.8 Å². The Morgan fingerprint density at radius 3 is 2.15 bits per heavy atom. The summed E-state index contributed by atoms with van der Waals surface area (Å²) in [6, 6.07) is 22.6. The maximum Gasteiger partial charge on any atom is 0.408 e. The van der Waals surface area contributed by atoms with Gasteiger partial charge in [-0.05, 0) is 62.1 Å². The summed E-state index contributed by atoms with van der Waals surface area (Å²) in [5.41, 5.74) is 1.73. The maximum absolute atomic E-state index is 14.2. The predicted octanol–water partition coefficient (Wildman–Crippen LogP) is 4.55. The van der Waals surface area contributed by atoms with Crippen LogP contribution in [-0.2, 0) is 27.3 Å². The molecule has 2 atom stereocenters. The van der Waals surface area contributed by atoms with Crippen LogP contribution in [-0.4, -0.2) is 46.1 Å². The van der Waals surface area contributed by atoms with Crippen LogP contribution < -0.4 is 10.6 Å². The highest BCUT2D eigenvalue weighted by atomic mass is 16.6. The maximum atomic E-state index is 14.2. The topological polar surface area (TPSA) is 132 Å². The zero-order valence-corrected chi connectivity index (χ0v) is 23.8. The summed E-state index contributed by atoms with van der Waals surface area (Å²) in [5, 5.41) is 25.4. The number of aryl methyl sites for hydroxylation is 1. The number of ether oxygens (including phenoxy) is 1. The van der Waals surface area contributed by atoms with Gasteiger partial charge in [-0.2, -0.15) is 5.26 Å². The van der Waals surface area contributed by atoms with Gasteiger partial charge in [-0.25, -0.2) is 4.79 Å². The van der Waals surface area contributed by atoms with Gasteiger partial charge in [-0.15, -0.1) is 0 Å². The van der Waals surface area contributed by atoms with E-state index in [1.54, 1.807) is 39.8 Å². The van der Waals surface area contributed by atoms with Crippen molar-refractivity contribution in [2.75, 3.05) is 6.54 Å². The molecule has 0 aliphatic rings. The Morgan fingerprint density at radius 2 is 1.59 bits per heavy atom. The smallest absolute Gasteiger partial charge is 0.408 e. The van der Waals surface area contributed by atoms with Crippen molar-refractivity contribution >= 4 is 17.9 Å². The molecule has 2 unspecified atom stereocenters. The third-order valence-electron chi connectivity index (χ3n) is 6.20. The summed E-state index contributed by atoms with van der Waals surface area (Å²) in [6.45, 7) is 6.58. The predicted molar refractivity (Wildman–Crippen MR) is 155 cm³/mol. The summed E-state index contributed by atoms with van der Waals surface area (Å²) < 4.78 is 5.41. The SMILES string of the molecule is Cc1cc(C(C(=O)NCc2ccccc2)N(CC#N)C(=O)C(Cc2ccccc2)NC(=O)OC(C)(C)C)ccc1O. The molecular weight excluding hydrogens is 520 g/mol. The summed E-state index contributed by atoms with van der Waals surface area (Å²) in [7, 11) is 0. The van der Waals surface area contributed by atoms with Crippen LogP contribution in [0.5, 0.6) is 5.75 Å². The molecule has 0 heterocycles. The molecule has 0 aromatic heterocycles. The second-order valence-electron chi connectivity index (χ2n) is 10.7. The van der Waals surface area contributed by atoms with Crippen LogP contribution in [0.1, 0.15) is 49.1 Å². The third kappa shape index (κ3) is 9.11. The summed E-state index contributed by atoms with van der Waals surface area (Å²) in [6.07, 6.45) is -0.692. The first-order valence-corrected chi connectivity index (χ1v) is 13.3. The highest BCUT2D eigenvalue weighted by Crippen LogP contribution is 2.27. The van der Waals surface area contributed by atoms with Crippen molar-refractivity contribution in [2.45, 2.75) is 58.3 Å². The lowest BCUT2D eigenvalue weighted by molar-refractivity contribution is -0.141. The summed E-state index contributed by atoms with van der Waals surface area (Å²) in [4.78, 5) is 41.8. The molecule has 214 valence electrons. The minimum atomic E-state index is -1.22. The molecule has 0 fully saturated rings. The number of nitriles is 1. The normalized spacial score (nSPS) is 12.4. The van der Waals surface area contributed by atoms with E-state index in [2.05, 4.69) is 10.6 Å². The van der Waals surface area contributed by atoms with Crippen molar-refractivity contribution in [1.29, 1.82) is 5.26 Å². The number of benzene rings is 3. The van der Waals surface area contributed by atoms with Crippen LogP contribution in [0.2, 0.25) is 0 Å². The molecule has 3 aromatic carbocycles. The van der Waals surface area contributed by atoms with Gasteiger partial charge < -0.3 is 25.4 Å². The molecule has 3 N–H and O–H groups in total. The van der Waals surface area contributed by atoms with Crippen molar-refractivity contribution in [3.05, 3.63) is 101 Å². The number of nitrogens with one attached hydrogen (secondary N) is 2. The van der Waals surface area contributed by atoms with E-state index in [0.29, 0.717) is 11.1 Å². The molecule has 0 spiro atoms. The number of carbonyl (C=O) groups is 3. The summed E-state index contributed by atoms with van der Waals surface area (Å²) >= 11 is 0. The quantitative estimate of drug-likeness (QED) is 0.314. The van der Waals surface area contributed by atoms with Crippen molar-refractivity contribution in [3.63, 3.8) is 0 Å². The first-order chi connectivity index (χ1) is 19.5. The average molecular weight is 557 g/mol. The molecule has 9 nitrogen and oxygen atoms in total. The molecule has 0 saturated carbocycles. The van der Waals surface area contributed by atoms with Gasteiger partial charge in [0.15, 0.2) is 0 Å². The molecule has 0 saturated heterocycles. The Balaban J connectivity index is 2.01. The fraction of sp³-hybridized carbons (Fsp3) is 0.312. The Hall–Kier alpha value is -4.84. The van der Waals surface area contributed by atoms with Crippen LogP contribution in [0.3, 0.4) is 0 Å². The molecule has 41 heavy (non-hydrogen) atoms. The van der Waals surface area contributed by atoms with Crippen molar-refractivity contribution in [3.8, 4) is 11.8 Å². The van der Waals surface area contributed by atoms with Gasteiger partial charge in [0.1, 0.15) is 30.0 Å². The van der Waals surface area contributed by atoms with Crippen molar-refractivity contribution in [1.82, 2.24) is 15.5 Å². The summed E-state index contributed by atoms with van der Waals surface area (Å²) in [5.74, 6) is -1.12. The first-order valence-electron chi connectivity index (χ1n) is 13.3. The zero-order chi connectivity index (χ0) is 30.0. The number of hydrogen-bond acceptors (Lipinski definition) is 6. The van der Waals surface area contributed by atoms with E-state index in [1.807, 2.05) is 66.7 Å².